The Bertz CT molecular complexity index is 569. The van der Waals surface area contributed by atoms with Crippen molar-refractivity contribution in [2.45, 2.75) is 6.61 Å². The molecule has 0 heterocycles. The molecule has 2 nitrogen and oxygen atoms in total. The summed E-state index contributed by atoms with van der Waals surface area (Å²) in [6.45, 7) is 0.0632. The molecule has 0 atom stereocenters. The van der Waals surface area contributed by atoms with Crippen molar-refractivity contribution in [3.63, 3.8) is 0 Å². The topological polar surface area (TPSA) is 26.3 Å². The van der Waals surface area contributed by atoms with E-state index in [9.17, 15) is 9.18 Å². The molecule has 0 amide bonds. The SMILES string of the molecule is O=C(OCc1cccc(Cl)c1)c1ccccc1F. The van der Waals surface area contributed by atoms with Crippen LogP contribution in [0.3, 0.4) is 0 Å². The van der Waals surface area contributed by atoms with Gasteiger partial charge in [-0.3, -0.25) is 0 Å². The number of esters is 1. The number of benzene rings is 2. The van der Waals surface area contributed by atoms with Crippen molar-refractivity contribution in [2.24, 2.45) is 0 Å². The highest BCUT2D eigenvalue weighted by Crippen LogP contribution is 2.13. The monoisotopic (exact) mass is 264 g/mol. The summed E-state index contributed by atoms with van der Waals surface area (Å²) in [4.78, 5) is 11.6. The van der Waals surface area contributed by atoms with Crippen LogP contribution in [-0.4, -0.2) is 5.97 Å². The van der Waals surface area contributed by atoms with E-state index in [4.69, 9.17) is 16.3 Å². The molecule has 0 aliphatic heterocycles. The van der Waals surface area contributed by atoms with Crippen LogP contribution in [0.5, 0.6) is 0 Å². The van der Waals surface area contributed by atoms with Gasteiger partial charge in [0.2, 0.25) is 0 Å². The molecule has 0 saturated carbocycles. The minimum Gasteiger partial charge on any atom is -0.457 e. The van der Waals surface area contributed by atoms with E-state index in [0.717, 1.165) is 5.56 Å². The minimum absolute atomic E-state index is 0.0632. The predicted octanol–water partition coefficient (Wildman–Crippen LogP) is 3.84. The lowest BCUT2D eigenvalue weighted by atomic mass is 10.2. The fourth-order valence-corrected chi connectivity index (χ4v) is 1.69. The first-order valence-electron chi connectivity index (χ1n) is 5.33. The van der Waals surface area contributed by atoms with Gasteiger partial charge in [0.1, 0.15) is 12.4 Å². The van der Waals surface area contributed by atoms with Gasteiger partial charge in [0, 0.05) is 5.02 Å². The number of halogens is 2. The van der Waals surface area contributed by atoms with Crippen molar-refractivity contribution >= 4 is 17.6 Å². The molecular formula is C14H10ClFO2. The van der Waals surface area contributed by atoms with Gasteiger partial charge in [0.25, 0.3) is 0 Å². The molecule has 18 heavy (non-hydrogen) atoms. The fourth-order valence-electron chi connectivity index (χ4n) is 1.48. The van der Waals surface area contributed by atoms with Crippen LogP contribution in [0.15, 0.2) is 48.5 Å². The Morgan fingerprint density at radius 1 is 1.17 bits per heavy atom. The Labute approximate surface area is 109 Å². The molecular weight excluding hydrogens is 255 g/mol. The summed E-state index contributed by atoms with van der Waals surface area (Å²) >= 11 is 5.80. The molecule has 0 radical (unpaired) electrons. The highest BCUT2D eigenvalue weighted by atomic mass is 35.5. The second-order valence-corrected chi connectivity index (χ2v) is 4.12. The molecule has 0 spiro atoms. The van der Waals surface area contributed by atoms with Gasteiger partial charge in [-0.25, -0.2) is 9.18 Å². The summed E-state index contributed by atoms with van der Waals surface area (Å²) in [7, 11) is 0. The molecule has 4 heteroatoms. The quantitative estimate of drug-likeness (QED) is 0.788. The second-order valence-electron chi connectivity index (χ2n) is 3.69. The zero-order valence-electron chi connectivity index (χ0n) is 9.40. The largest absolute Gasteiger partial charge is 0.457 e. The molecule has 2 aromatic rings. The molecule has 0 fully saturated rings. The summed E-state index contributed by atoms with van der Waals surface area (Å²) < 4.78 is 18.3. The van der Waals surface area contributed by atoms with Gasteiger partial charge >= 0.3 is 5.97 Å². The molecule has 92 valence electrons. The molecule has 0 aliphatic rings. The number of hydrogen-bond acceptors (Lipinski definition) is 2. The first-order valence-corrected chi connectivity index (χ1v) is 5.71. The van der Waals surface area contributed by atoms with Crippen molar-refractivity contribution in [3.05, 3.63) is 70.5 Å². The molecule has 0 N–H and O–H groups in total. The Hall–Kier alpha value is -1.87. The lowest BCUT2D eigenvalue weighted by Gasteiger charge is -2.05. The van der Waals surface area contributed by atoms with Crippen molar-refractivity contribution in [3.8, 4) is 0 Å². The predicted molar refractivity (Wildman–Crippen MR) is 67.0 cm³/mol. The van der Waals surface area contributed by atoms with Crippen molar-refractivity contribution in [1.82, 2.24) is 0 Å². The van der Waals surface area contributed by atoms with Gasteiger partial charge in [-0.1, -0.05) is 35.9 Å². The van der Waals surface area contributed by atoms with E-state index in [1.165, 1.54) is 18.2 Å². The third-order valence-electron chi connectivity index (χ3n) is 2.35. The molecule has 0 bridgehead atoms. The minimum atomic E-state index is -0.687. The molecule has 2 rings (SSSR count). The third-order valence-corrected chi connectivity index (χ3v) is 2.59. The van der Waals surface area contributed by atoms with E-state index in [0.29, 0.717) is 5.02 Å². The number of rotatable bonds is 3. The molecule has 2 aromatic carbocycles. The smallest absolute Gasteiger partial charge is 0.341 e. The summed E-state index contributed by atoms with van der Waals surface area (Å²) in [6, 6.07) is 12.7. The van der Waals surface area contributed by atoms with Crippen LogP contribution in [0.2, 0.25) is 5.02 Å². The van der Waals surface area contributed by atoms with Crippen molar-refractivity contribution < 1.29 is 13.9 Å². The summed E-state index contributed by atoms with van der Waals surface area (Å²) in [5, 5.41) is 0.564. The van der Waals surface area contributed by atoms with Crippen LogP contribution >= 0.6 is 11.6 Å². The van der Waals surface area contributed by atoms with Crippen LogP contribution in [0.4, 0.5) is 4.39 Å². The van der Waals surface area contributed by atoms with Crippen LogP contribution in [0.25, 0.3) is 0 Å². The van der Waals surface area contributed by atoms with E-state index in [-0.39, 0.29) is 12.2 Å². The van der Waals surface area contributed by atoms with E-state index < -0.39 is 11.8 Å². The van der Waals surface area contributed by atoms with E-state index in [1.54, 1.807) is 30.3 Å². The number of hydrogen-bond donors (Lipinski definition) is 0. The van der Waals surface area contributed by atoms with Gasteiger partial charge in [-0.15, -0.1) is 0 Å². The van der Waals surface area contributed by atoms with E-state index in [2.05, 4.69) is 0 Å². The maximum Gasteiger partial charge on any atom is 0.341 e. The average molecular weight is 265 g/mol. The van der Waals surface area contributed by atoms with Gasteiger partial charge in [-0.05, 0) is 29.8 Å². The normalized spacial score (nSPS) is 10.1. The summed E-state index contributed by atoms with van der Waals surface area (Å²) in [5.74, 6) is -1.28. The van der Waals surface area contributed by atoms with Crippen molar-refractivity contribution in [2.75, 3.05) is 0 Å². The van der Waals surface area contributed by atoms with Crippen LogP contribution in [0, 0.1) is 5.82 Å². The van der Waals surface area contributed by atoms with E-state index in [1.807, 2.05) is 0 Å². The van der Waals surface area contributed by atoms with Crippen LogP contribution in [-0.2, 0) is 11.3 Å². The van der Waals surface area contributed by atoms with Crippen LogP contribution in [0.1, 0.15) is 15.9 Å². The number of carbonyl (C=O) groups excluding carboxylic acids is 1. The molecule has 0 aromatic heterocycles. The van der Waals surface area contributed by atoms with Crippen molar-refractivity contribution in [1.29, 1.82) is 0 Å². The maximum absolute atomic E-state index is 13.3. The Morgan fingerprint density at radius 2 is 1.94 bits per heavy atom. The average Bonchev–Trinajstić information content (AvgIpc) is 2.37. The fraction of sp³-hybridized carbons (Fsp3) is 0.0714. The zero-order valence-corrected chi connectivity index (χ0v) is 10.2. The zero-order chi connectivity index (χ0) is 13.0. The lowest BCUT2D eigenvalue weighted by Crippen LogP contribution is -2.07. The Morgan fingerprint density at radius 3 is 2.67 bits per heavy atom. The molecule has 0 saturated heterocycles. The van der Waals surface area contributed by atoms with Gasteiger partial charge in [0.05, 0.1) is 5.56 Å². The van der Waals surface area contributed by atoms with Gasteiger partial charge < -0.3 is 4.74 Å². The first-order chi connectivity index (χ1) is 8.66. The molecule has 0 unspecified atom stereocenters. The van der Waals surface area contributed by atoms with Crippen LogP contribution < -0.4 is 0 Å². The summed E-state index contributed by atoms with van der Waals surface area (Å²) in [5.41, 5.74) is 0.687. The number of ether oxygens (including phenoxy) is 1. The van der Waals surface area contributed by atoms with E-state index >= 15 is 0 Å². The lowest BCUT2D eigenvalue weighted by molar-refractivity contribution is 0.0467. The van der Waals surface area contributed by atoms with Gasteiger partial charge in [-0.2, -0.15) is 0 Å². The standard InChI is InChI=1S/C14H10ClFO2/c15-11-5-3-4-10(8-11)9-18-14(17)12-6-1-2-7-13(12)16/h1-8H,9H2. The number of carbonyl (C=O) groups is 1. The Kier molecular flexibility index (Phi) is 3.95. The van der Waals surface area contributed by atoms with Gasteiger partial charge in [0.15, 0.2) is 0 Å². The first kappa shape index (κ1) is 12.6. The molecule has 0 aliphatic carbocycles. The third kappa shape index (κ3) is 3.08. The summed E-state index contributed by atoms with van der Waals surface area (Å²) in [6.07, 6.45) is 0. The highest BCUT2D eigenvalue weighted by Gasteiger charge is 2.12. The Balaban J connectivity index is 2.03. The highest BCUT2D eigenvalue weighted by molar-refractivity contribution is 6.30. The maximum atomic E-state index is 13.3. The second kappa shape index (κ2) is 5.65.